The van der Waals surface area contributed by atoms with Gasteiger partial charge in [-0.3, -0.25) is 4.79 Å². The Morgan fingerprint density at radius 1 is 1.12 bits per heavy atom. The molecule has 4 rings (SSSR count). The van der Waals surface area contributed by atoms with Gasteiger partial charge >= 0.3 is 0 Å². The first-order valence-corrected chi connectivity index (χ1v) is 9.27. The van der Waals surface area contributed by atoms with E-state index in [0.29, 0.717) is 28.3 Å². The van der Waals surface area contributed by atoms with Gasteiger partial charge in [-0.15, -0.1) is 5.10 Å². The van der Waals surface area contributed by atoms with Crippen LogP contribution >= 0.6 is 0 Å². The van der Waals surface area contributed by atoms with Crippen molar-refractivity contribution in [2.45, 2.75) is 0 Å². The second-order valence-corrected chi connectivity index (χ2v) is 6.35. The molecule has 0 saturated carbocycles. The minimum Gasteiger partial charge on any atom is -0.493 e. The molecule has 0 aliphatic rings. The van der Waals surface area contributed by atoms with Crippen molar-refractivity contribution in [1.82, 2.24) is 30.7 Å². The molecule has 2 aromatic carbocycles. The number of nitrogens with zero attached hydrogens (tertiary/aromatic N) is 6. The predicted molar refractivity (Wildman–Crippen MR) is 114 cm³/mol. The molecule has 1 amide bonds. The normalized spacial score (nSPS) is 10.9. The molecule has 162 valence electrons. The average molecular weight is 434 g/mol. The fourth-order valence-corrected chi connectivity index (χ4v) is 2.91. The molecule has 32 heavy (non-hydrogen) atoms. The fraction of sp³-hybridized carbons (Fsp3) is 0.100. The molecule has 2 heterocycles. The van der Waals surface area contributed by atoms with Crippen LogP contribution in [-0.2, 0) is 0 Å². The number of nitrogen functional groups attached to an aromatic ring is 1. The van der Waals surface area contributed by atoms with Gasteiger partial charge in [0.15, 0.2) is 17.2 Å². The number of nitrogens with two attached hydrogens (primary N) is 1. The van der Waals surface area contributed by atoms with Crippen molar-refractivity contribution < 1.29 is 18.9 Å². The summed E-state index contributed by atoms with van der Waals surface area (Å²) in [6, 6.07) is 14.3. The fourth-order valence-electron chi connectivity index (χ4n) is 2.91. The maximum absolute atomic E-state index is 13.1. The van der Waals surface area contributed by atoms with Gasteiger partial charge in [0, 0.05) is 5.56 Å². The number of amides is 1. The molecular weight excluding hydrogens is 416 g/mol. The largest absolute Gasteiger partial charge is 0.493 e. The number of anilines is 1. The molecule has 12 nitrogen and oxygen atoms in total. The number of nitrogens with one attached hydrogen (secondary N) is 1. The van der Waals surface area contributed by atoms with Crippen molar-refractivity contribution in [3.8, 4) is 28.6 Å². The maximum atomic E-state index is 13.1. The third-order valence-electron chi connectivity index (χ3n) is 4.42. The summed E-state index contributed by atoms with van der Waals surface area (Å²) in [5, 5.41) is 19.4. The van der Waals surface area contributed by atoms with E-state index in [1.165, 1.54) is 13.3 Å². The van der Waals surface area contributed by atoms with E-state index in [-0.39, 0.29) is 17.3 Å². The SMILES string of the molecule is COc1ccc(/C=N/NC(=O)c2c(-c3ccccc3)nnn2-c2nonc2N)cc1OC. The van der Waals surface area contributed by atoms with Crippen LogP contribution in [0.2, 0.25) is 0 Å². The lowest BCUT2D eigenvalue weighted by molar-refractivity contribution is 0.0948. The van der Waals surface area contributed by atoms with E-state index in [4.69, 9.17) is 15.2 Å². The third kappa shape index (κ3) is 3.96. The highest BCUT2D eigenvalue weighted by Crippen LogP contribution is 2.27. The number of aromatic nitrogens is 5. The Balaban J connectivity index is 1.65. The van der Waals surface area contributed by atoms with Crippen LogP contribution in [0.3, 0.4) is 0 Å². The standard InChI is InChI=1S/C20H18N8O4/c1-30-14-9-8-12(10-15(14)31-2)11-22-24-20(29)17-16(13-6-4-3-5-7-13)23-27-28(17)19-18(21)25-32-26-19/h3-11H,1-2H3,(H2,21,25)(H,24,29)/b22-11+. The van der Waals surface area contributed by atoms with Gasteiger partial charge in [0.25, 0.3) is 5.91 Å². The molecule has 0 unspecified atom stereocenters. The van der Waals surface area contributed by atoms with Gasteiger partial charge in [-0.25, -0.2) is 10.1 Å². The first-order valence-electron chi connectivity index (χ1n) is 9.27. The van der Waals surface area contributed by atoms with E-state index in [0.717, 1.165) is 4.68 Å². The van der Waals surface area contributed by atoms with Crippen molar-refractivity contribution in [3.05, 3.63) is 59.8 Å². The van der Waals surface area contributed by atoms with E-state index in [9.17, 15) is 4.79 Å². The lowest BCUT2D eigenvalue weighted by atomic mass is 10.1. The summed E-state index contributed by atoms with van der Waals surface area (Å²) in [5.74, 6) is 0.513. The van der Waals surface area contributed by atoms with Gasteiger partial charge < -0.3 is 15.2 Å². The maximum Gasteiger partial charge on any atom is 0.292 e. The van der Waals surface area contributed by atoms with Crippen LogP contribution in [0, 0.1) is 0 Å². The Morgan fingerprint density at radius 2 is 1.91 bits per heavy atom. The lowest BCUT2D eigenvalue weighted by Gasteiger charge is -2.07. The van der Waals surface area contributed by atoms with Gasteiger partial charge in [-0.1, -0.05) is 35.5 Å². The van der Waals surface area contributed by atoms with Crippen molar-refractivity contribution in [3.63, 3.8) is 0 Å². The van der Waals surface area contributed by atoms with Crippen LogP contribution in [0.15, 0.2) is 58.3 Å². The summed E-state index contributed by atoms with van der Waals surface area (Å²) in [5.41, 5.74) is 9.97. The number of rotatable bonds is 7. The van der Waals surface area contributed by atoms with Crippen LogP contribution in [-0.4, -0.2) is 51.6 Å². The zero-order valence-corrected chi connectivity index (χ0v) is 17.1. The smallest absolute Gasteiger partial charge is 0.292 e. The molecule has 0 bridgehead atoms. The van der Waals surface area contributed by atoms with Gasteiger partial charge in [-0.2, -0.15) is 9.78 Å². The Kier molecular flexibility index (Phi) is 5.74. The minimum atomic E-state index is -0.590. The van der Waals surface area contributed by atoms with Crippen LogP contribution in [0.25, 0.3) is 17.1 Å². The van der Waals surface area contributed by atoms with Crippen molar-refractivity contribution >= 4 is 17.9 Å². The molecule has 0 radical (unpaired) electrons. The van der Waals surface area contributed by atoms with E-state index in [2.05, 4.69) is 35.8 Å². The molecular formula is C20H18N8O4. The second kappa shape index (κ2) is 8.95. The Hall–Kier alpha value is -4.74. The van der Waals surface area contributed by atoms with E-state index >= 15 is 0 Å². The molecule has 0 atom stereocenters. The monoisotopic (exact) mass is 434 g/mol. The number of hydrazone groups is 1. The molecule has 2 aromatic heterocycles. The van der Waals surface area contributed by atoms with Crippen molar-refractivity contribution in [2.24, 2.45) is 5.10 Å². The highest BCUT2D eigenvalue weighted by Gasteiger charge is 2.25. The number of hydrogen-bond acceptors (Lipinski definition) is 10. The molecule has 0 fully saturated rings. The van der Waals surface area contributed by atoms with Gasteiger partial charge in [0.2, 0.25) is 11.6 Å². The summed E-state index contributed by atoms with van der Waals surface area (Å²) in [4.78, 5) is 13.1. The molecule has 12 heteroatoms. The molecule has 0 spiro atoms. The number of methoxy groups -OCH3 is 2. The zero-order valence-electron chi connectivity index (χ0n) is 17.1. The number of ether oxygens (including phenoxy) is 2. The number of carbonyl (C=O) groups is 1. The summed E-state index contributed by atoms with van der Waals surface area (Å²) in [7, 11) is 3.08. The first kappa shape index (κ1) is 20.5. The van der Waals surface area contributed by atoms with Gasteiger partial charge in [0.1, 0.15) is 5.69 Å². The number of carbonyl (C=O) groups excluding carboxylic acids is 1. The Morgan fingerprint density at radius 3 is 2.59 bits per heavy atom. The highest BCUT2D eigenvalue weighted by molar-refractivity contribution is 5.99. The van der Waals surface area contributed by atoms with Crippen LogP contribution in [0.1, 0.15) is 16.1 Å². The summed E-state index contributed by atoms with van der Waals surface area (Å²) < 4.78 is 16.3. The molecule has 4 aromatic rings. The lowest BCUT2D eigenvalue weighted by Crippen LogP contribution is -2.22. The minimum absolute atomic E-state index is 0.0358. The van der Waals surface area contributed by atoms with E-state index in [1.54, 1.807) is 37.4 Å². The Bertz CT molecular complexity index is 1270. The van der Waals surface area contributed by atoms with Crippen molar-refractivity contribution in [2.75, 3.05) is 20.0 Å². The molecule has 0 saturated heterocycles. The van der Waals surface area contributed by atoms with Crippen molar-refractivity contribution in [1.29, 1.82) is 0 Å². The number of benzene rings is 2. The van der Waals surface area contributed by atoms with Gasteiger partial charge in [-0.05, 0) is 34.1 Å². The number of hydrogen-bond donors (Lipinski definition) is 2. The first-order chi connectivity index (χ1) is 15.6. The quantitative estimate of drug-likeness (QED) is 0.326. The summed E-state index contributed by atoms with van der Waals surface area (Å²) in [6.07, 6.45) is 1.46. The summed E-state index contributed by atoms with van der Waals surface area (Å²) in [6.45, 7) is 0. The topological polar surface area (TPSA) is 156 Å². The predicted octanol–water partition coefficient (Wildman–Crippen LogP) is 1.68. The van der Waals surface area contributed by atoms with Crippen LogP contribution in [0.5, 0.6) is 11.5 Å². The molecule has 3 N–H and O–H groups in total. The third-order valence-corrected chi connectivity index (χ3v) is 4.42. The molecule has 0 aliphatic carbocycles. The average Bonchev–Trinajstić information content (AvgIpc) is 3.45. The van der Waals surface area contributed by atoms with Crippen LogP contribution in [0.4, 0.5) is 5.82 Å². The second-order valence-electron chi connectivity index (χ2n) is 6.35. The van der Waals surface area contributed by atoms with E-state index < -0.39 is 5.91 Å². The van der Waals surface area contributed by atoms with E-state index in [1.807, 2.05) is 18.2 Å². The highest BCUT2D eigenvalue weighted by atomic mass is 16.6. The Labute approximate surface area is 181 Å². The molecule has 0 aliphatic heterocycles. The van der Waals surface area contributed by atoms with Gasteiger partial charge in [0.05, 0.1) is 20.4 Å². The zero-order chi connectivity index (χ0) is 22.5. The summed E-state index contributed by atoms with van der Waals surface area (Å²) >= 11 is 0. The van der Waals surface area contributed by atoms with Crippen LogP contribution < -0.4 is 20.6 Å².